The molecule has 0 bridgehead atoms. The molecule has 0 spiro atoms. The Morgan fingerprint density at radius 3 is 3.00 bits per heavy atom. The number of hydrogen-bond donors (Lipinski definition) is 1. The molecular formula is C9H12O2. The van der Waals surface area contributed by atoms with E-state index in [9.17, 15) is 4.79 Å². The van der Waals surface area contributed by atoms with Crippen LogP contribution in [0.2, 0.25) is 0 Å². The van der Waals surface area contributed by atoms with Gasteiger partial charge in [0.2, 0.25) is 0 Å². The van der Waals surface area contributed by atoms with Crippen LogP contribution in [0.1, 0.15) is 19.3 Å². The van der Waals surface area contributed by atoms with Gasteiger partial charge in [-0.3, -0.25) is 4.79 Å². The summed E-state index contributed by atoms with van der Waals surface area (Å²) in [4.78, 5) is 10.7. The van der Waals surface area contributed by atoms with Gasteiger partial charge >= 0.3 is 5.97 Å². The minimum Gasteiger partial charge on any atom is -0.481 e. The quantitative estimate of drug-likeness (QED) is 0.580. The van der Waals surface area contributed by atoms with Crippen LogP contribution in [-0.2, 0) is 4.79 Å². The largest absolute Gasteiger partial charge is 0.481 e. The zero-order valence-electron chi connectivity index (χ0n) is 6.36. The molecule has 0 aromatic heterocycles. The summed E-state index contributed by atoms with van der Waals surface area (Å²) in [5, 5.41) is 8.83. The standard InChI is InChI=1S/C9H12O2/c10-9(11)8-5-4-6-2-1-3-7(6)8/h1,3,6-8H,2,4-5H2,(H,10,11)/t6-,7-,8+/m1/s1. The molecule has 0 amide bonds. The summed E-state index contributed by atoms with van der Waals surface area (Å²) < 4.78 is 0. The van der Waals surface area contributed by atoms with Crippen molar-refractivity contribution >= 4 is 5.97 Å². The predicted molar refractivity (Wildman–Crippen MR) is 41.1 cm³/mol. The number of carboxylic acid groups (broad SMARTS) is 1. The van der Waals surface area contributed by atoms with Crippen molar-refractivity contribution in [2.45, 2.75) is 19.3 Å². The molecule has 60 valence electrons. The van der Waals surface area contributed by atoms with Gasteiger partial charge < -0.3 is 5.11 Å². The normalized spacial score (nSPS) is 40.9. The number of aliphatic carboxylic acids is 1. The molecule has 0 unspecified atom stereocenters. The van der Waals surface area contributed by atoms with E-state index in [-0.39, 0.29) is 5.92 Å². The van der Waals surface area contributed by atoms with E-state index in [1.807, 2.05) is 0 Å². The van der Waals surface area contributed by atoms with Crippen LogP contribution in [0, 0.1) is 17.8 Å². The highest BCUT2D eigenvalue weighted by Gasteiger charge is 2.39. The second-order valence-electron chi connectivity index (χ2n) is 3.52. The lowest BCUT2D eigenvalue weighted by molar-refractivity contribution is -0.142. The number of carbonyl (C=O) groups is 1. The lowest BCUT2D eigenvalue weighted by Crippen LogP contribution is -2.18. The molecule has 2 aliphatic carbocycles. The number of carboxylic acids is 1. The predicted octanol–water partition coefficient (Wildman–Crippen LogP) is 1.67. The Balaban J connectivity index is 2.14. The van der Waals surface area contributed by atoms with Crippen molar-refractivity contribution in [2.75, 3.05) is 0 Å². The molecule has 0 heterocycles. The summed E-state index contributed by atoms with van der Waals surface area (Å²) >= 11 is 0. The Hall–Kier alpha value is -0.790. The highest BCUT2D eigenvalue weighted by molar-refractivity contribution is 5.71. The number of rotatable bonds is 1. The van der Waals surface area contributed by atoms with Crippen molar-refractivity contribution in [3.63, 3.8) is 0 Å². The maximum atomic E-state index is 10.7. The smallest absolute Gasteiger partial charge is 0.307 e. The first-order valence-corrected chi connectivity index (χ1v) is 4.18. The van der Waals surface area contributed by atoms with E-state index in [1.165, 1.54) is 0 Å². The maximum Gasteiger partial charge on any atom is 0.307 e. The zero-order chi connectivity index (χ0) is 7.84. The van der Waals surface area contributed by atoms with Gasteiger partial charge in [0.25, 0.3) is 0 Å². The molecule has 0 radical (unpaired) electrons. The van der Waals surface area contributed by atoms with E-state index in [4.69, 9.17) is 5.11 Å². The molecule has 0 saturated heterocycles. The van der Waals surface area contributed by atoms with Crippen LogP contribution in [0.4, 0.5) is 0 Å². The van der Waals surface area contributed by atoms with Crippen LogP contribution < -0.4 is 0 Å². The molecule has 1 fully saturated rings. The average molecular weight is 152 g/mol. The molecule has 1 N–H and O–H groups in total. The van der Waals surface area contributed by atoms with Gasteiger partial charge in [-0.15, -0.1) is 0 Å². The lowest BCUT2D eigenvalue weighted by atomic mass is 9.93. The first-order chi connectivity index (χ1) is 5.29. The van der Waals surface area contributed by atoms with E-state index < -0.39 is 5.97 Å². The Kier molecular flexibility index (Phi) is 1.48. The van der Waals surface area contributed by atoms with Crippen molar-refractivity contribution in [1.82, 2.24) is 0 Å². The molecule has 2 nitrogen and oxygen atoms in total. The number of fused-ring (bicyclic) bond motifs is 1. The number of hydrogen-bond acceptors (Lipinski definition) is 1. The van der Waals surface area contributed by atoms with Crippen molar-refractivity contribution in [2.24, 2.45) is 17.8 Å². The van der Waals surface area contributed by atoms with E-state index >= 15 is 0 Å². The second-order valence-corrected chi connectivity index (χ2v) is 3.52. The molecule has 3 atom stereocenters. The summed E-state index contributed by atoms with van der Waals surface area (Å²) in [7, 11) is 0. The molecule has 0 aromatic rings. The van der Waals surface area contributed by atoms with Gasteiger partial charge in [-0.05, 0) is 31.1 Å². The molecule has 0 aromatic carbocycles. The highest BCUT2D eigenvalue weighted by atomic mass is 16.4. The van der Waals surface area contributed by atoms with E-state index in [1.54, 1.807) is 0 Å². The monoisotopic (exact) mass is 152 g/mol. The Morgan fingerprint density at radius 1 is 1.45 bits per heavy atom. The first-order valence-electron chi connectivity index (χ1n) is 4.18. The van der Waals surface area contributed by atoms with Gasteiger partial charge in [0.15, 0.2) is 0 Å². The van der Waals surface area contributed by atoms with E-state index in [2.05, 4.69) is 12.2 Å². The minimum absolute atomic E-state index is 0.0845. The lowest BCUT2D eigenvalue weighted by Gasteiger charge is -2.11. The summed E-state index contributed by atoms with van der Waals surface area (Å²) in [5.41, 5.74) is 0. The fourth-order valence-electron chi connectivity index (χ4n) is 2.37. The van der Waals surface area contributed by atoms with Crippen molar-refractivity contribution in [1.29, 1.82) is 0 Å². The minimum atomic E-state index is -0.607. The molecule has 11 heavy (non-hydrogen) atoms. The van der Waals surface area contributed by atoms with Crippen LogP contribution in [0.5, 0.6) is 0 Å². The third-order valence-electron chi connectivity index (χ3n) is 2.97. The molecule has 0 aliphatic heterocycles. The van der Waals surface area contributed by atoms with Gasteiger partial charge in [0.05, 0.1) is 5.92 Å². The topological polar surface area (TPSA) is 37.3 Å². The third kappa shape index (κ3) is 0.971. The third-order valence-corrected chi connectivity index (χ3v) is 2.97. The van der Waals surface area contributed by atoms with E-state index in [0.717, 1.165) is 19.3 Å². The number of allylic oxidation sites excluding steroid dienone is 2. The first kappa shape index (κ1) is 6.89. The van der Waals surface area contributed by atoms with Gasteiger partial charge in [-0.2, -0.15) is 0 Å². The maximum absolute atomic E-state index is 10.7. The fourth-order valence-corrected chi connectivity index (χ4v) is 2.37. The van der Waals surface area contributed by atoms with Crippen LogP contribution in [0.3, 0.4) is 0 Å². The van der Waals surface area contributed by atoms with Crippen LogP contribution in [0.15, 0.2) is 12.2 Å². The summed E-state index contributed by atoms with van der Waals surface area (Å²) in [6.45, 7) is 0. The Morgan fingerprint density at radius 2 is 2.27 bits per heavy atom. The highest BCUT2D eigenvalue weighted by Crippen LogP contribution is 2.43. The Bertz CT molecular complexity index is 208. The van der Waals surface area contributed by atoms with Gasteiger partial charge in [-0.25, -0.2) is 0 Å². The van der Waals surface area contributed by atoms with Gasteiger partial charge in [0.1, 0.15) is 0 Å². The van der Waals surface area contributed by atoms with Crippen molar-refractivity contribution in [3.8, 4) is 0 Å². The van der Waals surface area contributed by atoms with Gasteiger partial charge in [-0.1, -0.05) is 12.2 Å². The summed E-state index contributed by atoms with van der Waals surface area (Å²) in [6.07, 6.45) is 7.32. The molecule has 1 saturated carbocycles. The molecular weight excluding hydrogens is 140 g/mol. The summed E-state index contributed by atoms with van der Waals surface area (Å²) in [5.74, 6) is 0.311. The SMILES string of the molecule is O=C(O)[C@H]1CC[C@H]2CC=C[C@H]21. The average Bonchev–Trinajstić information content (AvgIpc) is 2.41. The zero-order valence-corrected chi connectivity index (χ0v) is 6.36. The van der Waals surface area contributed by atoms with Crippen LogP contribution in [-0.4, -0.2) is 11.1 Å². The Labute approximate surface area is 65.9 Å². The fraction of sp³-hybridized carbons (Fsp3) is 0.667. The molecule has 2 aliphatic rings. The van der Waals surface area contributed by atoms with Crippen LogP contribution >= 0.6 is 0 Å². The van der Waals surface area contributed by atoms with Crippen molar-refractivity contribution < 1.29 is 9.90 Å². The van der Waals surface area contributed by atoms with Crippen molar-refractivity contribution in [3.05, 3.63) is 12.2 Å². The second kappa shape index (κ2) is 2.36. The summed E-state index contributed by atoms with van der Waals surface area (Å²) in [6, 6.07) is 0. The molecule has 2 rings (SSSR count). The van der Waals surface area contributed by atoms with E-state index in [0.29, 0.717) is 11.8 Å². The van der Waals surface area contributed by atoms with Crippen LogP contribution in [0.25, 0.3) is 0 Å². The molecule has 2 heteroatoms. The van der Waals surface area contributed by atoms with Gasteiger partial charge in [0, 0.05) is 0 Å².